The lowest BCUT2D eigenvalue weighted by molar-refractivity contribution is -0.124. The van der Waals surface area contributed by atoms with Crippen LogP contribution < -0.4 is 4.90 Å². The molecule has 5 nitrogen and oxygen atoms in total. The molecular formula is C13H11N3O2S2. The number of carbonyl (C=O) groups is 2. The maximum Gasteiger partial charge on any atom is 0.279 e. The number of amides is 2. The first kappa shape index (κ1) is 13.3. The standard InChI is InChI=1S/C13H11N3O2S2/c1-2-15-9-6-4-3-5-8(9)11(12(15)18)14-16-10(17)7-20-13(16)19/h3-6H,2,7H2,1H3/b14-11-. The number of para-hydroxylation sites is 1. The lowest BCUT2D eigenvalue weighted by atomic mass is 10.1. The molecule has 0 unspecified atom stereocenters. The third kappa shape index (κ3) is 1.94. The number of likely N-dealkylation sites (N-methyl/N-ethyl adjacent to an activating group) is 1. The van der Waals surface area contributed by atoms with E-state index in [1.165, 1.54) is 11.8 Å². The Kier molecular flexibility index (Phi) is 3.31. The van der Waals surface area contributed by atoms with E-state index in [9.17, 15) is 9.59 Å². The van der Waals surface area contributed by atoms with Crippen LogP contribution in [0.15, 0.2) is 29.4 Å². The van der Waals surface area contributed by atoms with Gasteiger partial charge in [0.1, 0.15) is 0 Å². The highest BCUT2D eigenvalue weighted by atomic mass is 32.2. The molecular weight excluding hydrogens is 294 g/mol. The number of fused-ring (bicyclic) bond motifs is 1. The van der Waals surface area contributed by atoms with Crippen LogP contribution in [0.25, 0.3) is 0 Å². The summed E-state index contributed by atoms with van der Waals surface area (Å²) in [7, 11) is 0. The Balaban J connectivity index is 2.08. The summed E-state index contributed by atoms with van der Waals surface area (Å²) in [5, 5.41) is 5.36. The molecule has 0 aliphatic carbocycles. The Morgan fingerprint density at radius 3 is 2.75 bits per heavy atom. The third-order valence-corrected chi connectivity index (χ3v) is 4.48. The Morgan fingerprint density at radius 1 is 1.35 bits per heavy atom. The highest BCUT2D eigenvalue weighted by Crippen LogP contribution is 2.30. The third-order valence-electron chi connectivity index (χ3n) is 3.14. The van der Waals surface area contributed by atoms with Crippen LogP contribution in [0.2, 0.25) is 0 Å². The molecule has 1 fully saturated rings. The molecule has 1 aromatic carbocycles. The molecule has 20 heavy (non-hydrogen) atoms. The summed E-state index contributed by atoms with van der Waals surface area (Å²) in [4.78, 5) is 25.8. The number of nitrogens with zero attached hydrogens (tertiary/aromatic N) is 3. The van der Waals surface area contributed by atoms with Crippen LogP contribution in [-0.2, 0) is 9.59 Å². The van der Waals surface area contributed by atoms with E-state index in [-0.39, 0.29) is 23.3 Å². The Hall–Kier alpha value is -1.73. The zero-order chi connectivity index (χ0) is 14.3. The first-order valence-corrected chi connectivity index (χ1v) is 7.52. The number of rotatable bonds is 2. The summed E-state index contributed by atoms with van der Waals surface area (Å²) in [5.41, 5.74) is 1.84. The number of hydrazone groups is 1. The normalized spacial score (nSPS) is 20.2. The van der Waals surface area contributed by atoms with Crippen LogP contribution in [0.1, 0.15) is 12.5 Å². The Bertz CT molecular complexity index is 641. The van der Waals surface area contributed by atoms with E-state index in [4.69, 9.17) is 12.2 Å². The zero-order valence-electron chi connectivity index (χ0n) is 10.7. The van der Waals surface area contributed by atoms with Gasteiger partial charge < -0.3 is 4.90 Å². The molecule has 102 valence electrons. The van der Waals surface area contributed by atoms with Crippen molar-refractivity contribution in [3.8, 4) is 0 Å². The number of hydrogen-bond donors (Lipinski definition) is 0. The molecule has 2 amide bonds. The van der Waals surface area contributed by atoms with Crippen LogP contribution in [0, 0.1) is 0 Å². The van der Waals surface area contributed by atoms with Crippen LogP contribution >= 0.6 is 24.0 Å². The number of benzene rings is 1. The van der Waals surface area contributed by atoms with E-state index in [0.717, 1.165) is 16.3 Å². The van der Waals surface area contributed by atoms with Gasteiger partial charge in [0.05, 0.1) is 11.4 Å². The summed E-state index contributed by atoms with van der Waals surface area (Å²) in [6, 6.07) is 7.43. The molecule has 3 rings (SSSR count). The Morgan fingerprint density at radius 2 is 2.10 bits per heavy atom. The zero-order valence-corrected chi connectivity index (χ0v) is 12.3. The monoisotopic (exact) mass is 305 g/mol. The maximum atomic E-state index is 12.4. The average Bonchev–Trinajstić information content (AvgIpc) is 2.91. The first-order chi connectivity index (χ1) is 9.63. The number of thioether (sulfide) groups is 1. The predicted octanol–water partition coefficient (Wildman–Crippen LogP) is 1.62. The van der Waals surface area contributed by atoms with E-state index >= 15 is 0 Å². The van der Waals surface area contributed by atoms with Crippen LogP contribution in [0.3, 0.4) is 0 Å². The van der Waals surface area contributed by atoms with E-state index in [0.29, 0.717) is 10.9 Å². The number of anilines is 1. The van der Waals surface area contributed by atoms with Crippen molar-refractivity contribution in [2.45, 2.75) is 6.92 Å². The minimum absolute atomic E-state index is 0.187. The molecule has 0 radical (unpaired) electrons. The van der Waals surface area contributed by atoms with Crippen LogP contribution in [-0.4, -0.2) is 39.2 Å². The molecule has 1 aromatic rings. The van der Waals surface area contributed by atoms with Gasteiger partial charge in [0.2, 0.25) is 0 Å². The summed E-state index contributed by atoms with van der Waals surface area (Å²) in [6.07, 6.45) is 0. The smallest absolute Gasteiger partial charge is 0.279 e. The van der Waals surface area contributed by atoms with Crippen LogP contribution in [0.5, 0.6) is 0 Å². The lowest BCUT2D eigenvalue weighted by Gasteiger charge is -2.13. The highest BCUT2D eigenvalue weighted by molar-refractivity contribution is 8.23. The largest absolute Gasteiger partial charge is 0.307 e. The van der Waals surface area contributed by atoms with Gasteiger partial charge in [-0.1, -0.05) is 42.2 Å². The van der Waals surface area contributed by atoms with Crippen molar-refractivity contribution in [1.29, 1.82) is 0 Å². The second-order valence-corrected chi connectivity index (χ2v) is 5.88. The van der Waals surface area contributed by atoms with Gasteiger partial charge in [-0.2, -0.15) is 10.1 Å². The van der Waals surface area contributed by atoms with Gasteiger partial charge in [-0.15, -0.1) is 0 Å². The molecule has 2 aliphatic rings. The average molecular weight is 305 g/mol. The molecule has 2 aliphatic heterocycles. The molecule has 0 spiro atoms. The second kappa shape index (κ2) is 4.99. The topological polar surface area (TPSA) is 53.0 Å². The SMILES string of the molecule is CCN1C(=O)/C(=N\N2C(=O)CSC2=S)c2ccccc21. The van der Waals surface area contributed by atoms with Crippen molar-refractivity contribution < 1.29 is 9.59 Å². The fourth-order valence-electron chi connectivity index (χ4n) is 2.22. The van der Waals surface area contributed by atoms with E-state index in [2.05, 4.69) is 5.10 Å². The van der Waals surface area contributed by atoms with Gasteiger partial charge in [-0.25, -0.2) is 0 Å². The van der Waals surface area contributed by atoms with Gasteiger partial charge in [0.15, 0.2) is 10.0 Å². The van der Waals surface area contributed by atoms with Crippen molar-refractivity contribution in [2.24, 2.45) is 5.10 Å². The maximum absolute atomic E-state index is 12.4. The predicted molar refractivity (Wildman–Crippen MR) is 82.9 cm³/mol. The minimum Gasteiger partial charge on any atom is -0.307 e. The molecule has 0 bridgehead atoms. The molecule has 0 N–H and O–H groups in total. The van der Waals surface area contributed by atoms with Crippen molar-refractivity contribution >= 4 is 51.5 Å². The van der Waals surface area contributed by atoms with Crippen LogP contribution in [0.4, 0.5) is 5.69 Å². The van der Waals surface area contributed by atoms with E-state index in [1.807, 2.05) is 31.2 Å². The van der Waals surface area contributed by atoms with Gasteiger partial charge in [-0.05, 0) is 13.0 Å². The summed E-state index contributed by atoms with van der Waals surface area (Å²) in [6.45, 7) is 2.46. The number of hydrogen-bond acceptors (Lipinski definition) is 5. The van der Waals surface area contributed by atoms with Crippen molar-refractivity contribution in [3.05, 3.63) is 29.8 Å². The second-order valence-electron chi connectivity index (χ2n) is 4.28. The van der Waals surface area contributed by atoms with Gasteiger partial charge in [0.25, 0.3) is 11.8 Å². The van der Waals surface area contributed by atoms with Crippen molar-refractivity contribution in [1.82, 2.24) is 5.01 Å². The van der Waals surface area contributed by atoms with Gasteiger partial charge >= 0.3 is 0 Å². The van der Waals surface area contributed by atoms with Gasteiger partial charge in [0, 0.05) is 12.1 Å². The molecule has 2 heterocycles. The number of thiocarbonyl (C=S) groups is 1. The fourth-order valence-corrected chi connectivity index (χ4v) is 3.17. The van der Waals surface area contributed by atoms with Crippen molar-refractivity contribution in [2.75, 3.05) is 17.2 Å². The molecule has 1 saturated heterocycles. The lowest BCUT2D eigenvalue weighted by Crippen LogP contribution is -2.32. The Labute approximate surface area is 125 Å². The van der Waals surface area contributed by atoms with Gasteiger partial charge in [-0.3, -0.25) is 9.59 Å². The van der Waals surface area contributed by atoms with Crippen molar-refractivity contribution in [3.63, 3.8) is 0 Å². The minimum atomic E-state index is -0.193. The summed E-state index contributed by atoms with van der Waals surface area (Å²) in [5.74, 6) is -0.0999. The highest BCUT2D eigenvalue weighted by Gasteiger charge is 2.35. The van der Waals surface area contributed by atoms with E-state index < -0.39 is 0 Å². The summed E-state index contributed by atoms with van der Waals surface area (Å²) < 4.78 is 0.391. The first-order valence-electron chi connectivity index (χ1n) is 6.13. The molecule has 0 atom stereocenters. The molecule has 0 aromatic heterocycles. The fraction of sp³-hybridized carbons (Fsp3) is 0.231. The number of carbonyl (C=O) groups excluding carboxylic acids is 2. The molecule has 0 saturated carbocycles. The summed E-state index contributed by atoms with van der Waals surface area (Å²) >= 11 is 6.35. The quantitative estimate of drug-likeness (QED) is 0.779. The molecule has 7 heteroatoms. The van der Waals surface area contributed by atoms with E-state index in [1.54, 1.807) is 4.90 Å².